The number of nitrogens with one attached hydrogen (secondary N) is 1. The van der Waals surface area contributed by atoms with Gasteiger partial charge >= 0.3 is 0 Å². The molecule has 0 aromatic carbocycles. The van der Waals surface area contributed by atoms with Gasteiger partial charge in [-0.05, 0) is 27.1 Å². The van der Waals surface area contributed by atoms with Crippen molar-refractivity contribution in [1.29, 1.82) is 0 Å². The van der Waals surface area contributed by atoms with Crippen molar-refractivity contribution >= 4 is 5.82 Å². The Labute approximate surface area is 110 Å². The molecular weight excluding hydrogens is 226 g/mol. The molecule has 0 aliphatic rings. The number of anilines is 1. The maximum atomic E-state index is 4.44. The van der Waals surface area contributed by atoms with Gasteiger partial charge in [-0.2, -0.15) is 0 Å². The molecule has 1 aromatic heterocycles. The van der Waals surface area contributed by atoms with E-state index in [0.29, 0.717) is 0 Å². The second-order valence-electron chi connectivity index (χ2n) is 4.77. The third kappa shape index (κ3) is 5.42. The van der Waals surface area contributed by atoms with Crippen LogP contribution in [0.25, 0.3) is 0 Å². The third-order valence-electron chi connectivity index (χ3n) is 2.70. The van der Waals surface area contributed by atoms with Crippen LogP contribution in [0.3, 0.4) is 0 Å². The van der Waals surface area contributed by atoms with Crippen LogP contribution in [0.1, 0.15) is 19.0 Å². The zero-order chi connectivity index (χ0) is 13.4. The van der Waals surface area contributed by atoms with Crippen LogP contribution in [-0.2, 0) is 6.54 Å². The SMILES string of the molecule is CCCNCc1cnc(N(C)CCN(C)C)cn1. The van der Waals surface area contributed by atoms with Gasteiger partial charge in [0.15, 0.2) is 0 Å². The predicted octanol–water partition coefficient (Wildman–Crippen LogP) is 0.974. The summed E-state index contributed by atoms with van der Waals surface area (Å²) in [4.78, 5) is 13.1. The monoisotopic (exact) mass is 251 g/mol. The molecule has 0 bridgehead atoms. The molecule has 1 rings (SSSR count). The molecular formula is C13H25N5. The fraction of sp³-hybridized carbons (Fsp3) is 0.692. The Balaban J connectivity index is 2.43. The van der Waals surface area contributed by atoms with Gasteiger partial charge in [0.2, 0.25) is 0 Å². The zero-order valence-electron chi connectivity index (χ0n) is 12.0. The van der Waals surface area contributed by atoms with E-state index in [1.54, 1.807) is 0 Å². The summed E-state index contributed by atoms with van der Waals surface area (Å²) in [6.07, 6.45) is 4.83. The molecule has 5 heteroatoms. The van der Waals surface area contributed by atoms with E-state index in [9.17, 15) is 0 Å². The summed E-state index contributed by atoms with van der Waals surface area (Å²) >= 11 is 0. The highest BCUT2D eigenvalue weighted by Crippen LogP contribution is 2.06. The summed E-state index contributed by atoms with van der Waals surface area (Å²) in [5, 5.41) is 3.32. The molecule has 1 heterocycles. The van der Waals surface area contributed by atoms with E-state index in [2.05, 4.69) is 46.1 Å². The molecule has 0 atom stereocenters. The molecule has 0 radical (unpaired) electrons. The summed E-state index contributed by atoms with van der Waals surface area (Å²) in [7, 11) is 6.19. The minimum Gasteiger partial charge on any atom is -0.357 e. The first-order chi connectivity index (χ1) is 8.63. The van der Waals surface area contributed by atoms with Crippen LogP contribution in [0.15, 0.2) is 12.4 Å². The molecule has 18 heavy (non-hydrogen) atoms. The standard InChI is InChI=1S/C13H25N5/c1-5-6-14-9-12-10-16-13(11-15-12)18(4)8-7-17(2)3/h10-11,14H,5-9H2,1-4H3. The first kappa shape index (κ1) is 14.9. The second kappa shape index (κ2) is 8.00. The highest BCUT2D eigenvalue weighted by atomic mass is 15.2. The molecule has 102 valence electrons. The van der Waals surface area contributed by atoms with E-state index < -0.39 is 0 Å². The number of likely N-dealkylation sites (N-methyl/N-ethyl adjacent to an activating group) is 2. The van der Waals surface area contributed by atoms with Crippen molar-refractivity contribution in [3.05, 3.63) is 18.1 Å². The van der Waals surface area contributed by atoms with Gasteiger partial charge in [-0.3, -0.25) is 4.98 Å². The van der Waals surface area contributed by atoms with E-state index in [4.69, 9.17) is 0 Å². The first-order valence-electron chi connectivity index (χ1n) is 6.51. The Morgan fingerprint density at radius 1 is 1.11 bits per heavy atom. The quantitative estimate of drug-likeness (QED) is 0.698. The minimum atomic E-state index is 0.794. The maximum absolute atomic E-state index is 4.44. The molecule has 0 saturated carbocycles. The number of hydrogen-bond donors (Lipinski definition) is 1. The van der Waals surface area contributed by atoms with E-state index >= 15 is 0 Å². The smallest absolute Gasteiger partial charge is 0.146 e. The lowest BCUT2D eigenvalue weighted by Crippen LogP contribution is -2.29. The summed E-state index contributed by atoms with van der Waals surface area (Å²) in [5.74, 6) is 0.927. The third-order valence-corrected chi connectivity index (χ3v) is 2.70. The van der Waals surface area contributed by atoms with Gasteiger partial charge in [0.25, 0.3) is 0 Å². The number of hydrogen-bond acceptors (Lipinski definition) is 5. The first-order valence-corrected chi connectivity index (χ1v) is 6.51. The topological polar surface area (TPSA) is 44.3 Å². The Hall–Kier alpha value is -1.20. The van der Waals surface area contributed by atoms with Gasteiger partial charge < -0.3 is 15.1 Å². The van der Waals surface area contributed by atoms with Crippen LogP contribution in [0.2, 0.25) is 0 Å². The molecule has 0 aliphatic carbocycles. The fourth-order valence-corrected chi connectivity index (χ4v) is 1.49. The van der Waals surface area contributed by atoms with Crippen LogP contribution in [0.5, 0.6) is 0 Å². The van der Waals surface area contributed by atoms with Crippen molar-refractivity contribution in [2.24, 2.45) is 0 Å². The molecule has 0 amide bonds. The minimum absolute atomic E-state index is 0.794. The molecule has 0 unspecified atom stereocenters. The van der Waals surface area contributed by atoms with Gasteiger partial charge in [-0.15, -0.1) is 0 Å². The molecule has 0 aliphatic heterocycles. The van der Waals surface area contributed by atoms with Crippen molar-refractivity contribution < 1.29 is 0 Å². The zero-order valence-corrected chi connectivity index (χ0v) is 12.0. The summed E-state index contributed by atoms with van der Waals surface area (Å²) in [6, 6.07) is 0. The number of nitrogens with zero attached hydrogens (tertiary/aromatic N) is 4. The molecule has 0 saturated heterocycles. The van der Waals surface area contributed by atoms with Crippen LogP contribution in [0, 0.1) is 0 Å². The van der Waals surface area contributed by atoms with Gasteiger partial charge in [0.1, 0.15) is 5.82 Å². The lowest BCUT2D eigenvalue weighted by atomic mass is 10.4. The van der Waals surface area contributed by atoms with E-state index in [1.807, 2.05) is 19.4 Å². The Morgan fingerprint density at radius 3 is 2.44 bits per heavy atom. The molecule has 0 fully saturated rings. The number of aromatic nitrogens is 2. The van der Waals surface area contributed by atoms with Crippen molar-refractivity contribution in [2.45, 2.75) is 19.9 Å². The highest BCUT2D eigenvalue weighted by Gasteiger charge is 2.03. The van der Waals surface area contributed by atoms with E-state index in [1.165, 1.54) is 0 Å². The van der Waals surface area contributed by atoms with Gasteiger partial charge in [0.05, 0.1) is 18.1 Å². The van der Waals surface area contributed by atoms with Gasteiger partial charge in [-0.25, -0.2) is 4.98 Å². The van der Waals surface area contributed by atoms with Crippen LogP contribution >= 0.6 is 0 Å². The van der Waals surface area contributed by atoms with Crippen molar-refractivity contribution in [2.75, 3.05) is 45.7 Å². The van der Waals surface area contributed by atoms with Gasteiger partial charge in [0, 0.05) is 26.7 Å². The average Bonchev–Trinajstić information content (AvgIpc) is 2.37. The Morgan fingerprint density at radius 2 is 1.89 bits per heavy atom. The van der Waals surface area contributed by atoms with Crippen LogP contribution in [-0.4, -0.2) is 55.6 Å². The van der Waals surface area contributed by atoms with E-state index in [-0.39, 0.29) is 0 Å². The normalized spacial score (nSPS) is 10.9. The maximum Gasteiger partial charge on any atom is 0.146 e. The van der Waals surface area contributed by atoms with Crippen molar-refractivity contribution in [3.63, 3.8) is 0 Å². The lowest BCUT2D eigenvalue weighted by Gasteiger charge is -2.20. The summed E-state index contributed by atoms with van der Waals surface area (Å²) in [5.41, 5.74) is 0.994. The molecule has 5 nitrogen and oxygen atoms in total. The number of rotatable bonds is 8. The molecule has 1 aromatic rings. The van der Waals surface area contributed by atoms with Crippen LogP contribution < -0.4 is 10.2 Å². The van der Waals surface area contributed by atoms with Gasteiger partial charge in [-0.1, -0.05) is 6.92 Å². The van der Waals surface area contributed by atoms with Crippen LogP contribution in [0.4, 0.5) is 5.82 Å². The fourth-order valence-electron chi connectivity index (χ4n) is 1.49. The summed E-state index contributed by atoms with van der Waals surface area (Å²) < 4.78 is 0. The second-order valence-corrected chi connectivity index (χ2v) is 4.77. The highest BCUT2D eigenvalue weighted by molar-refractivity contribution is 5.34. The van der Waals surface area contributed by atoms with Crippen molar-refractivity contribution in [3.8, 4) is 0 Å². The largest absolute Gasteiger partial charge is 0.357 e. The Bertz CT molecular complexity index is 323. The molecule has 0 spiro atoms. The molecule has 1 N–H and O–H groups in total. The van der Waals surface area contributed by atoms with E-state index in [0.717, 1.165) is 44.1 Å². The average molecular weight is 251 g/mol. The summed E-state index contributed by atoms with van der Waals surface area (Å²) in [6.45, 7) is 5.93. The predicted molar refractivity (Wildman–Crippen MR) is 75.9 cm³/mol. The Kier molecular flexibility index (Phi) is 6.60. The van der Waals surface area contributed by atoms with Crippen molar-refractivity contribution in [1.82, 2.24) is 20.2 Å². The lowest BCUT2D eigenvalue weighted by molar-refractivity contribution is 0.416.